The lowest BCUT2D eigenvalue weighted by atomic mass is 10.0. The second-order valence-electron chi connectivity index (χ2n) is 18.7. The minimum absolute atomic E-state index is 0.828. The highest BCUT2D eigenvalue weighted by molar-refractivity contribution is 6.10. The van der Waals surface area contributed by atoms with Crippen LogP contribution >= 0.6 is 0 Å². The van der Waals surface area contributed by atoms with Gasteiger partial charge in [0.2, 0.25) is 0 Å². The van der Waals surface area contributed by atoms with Crippen molar-refractivity contribution in [1.29, 1.82) is 0 Å². The van der Waals surface area contributed by atoms with Crippen molar-refractivity contribution in [2.24, 2.45) is 0 Å². The van der Waals surface area contributed by atoms with Crippen molar-refractivity contribution in [3.05, 3.63) is 267 Å². The molecule has 11 aromatic carbocycles. The van der Waals surface area contributed by atoms with Gasteiger partial charge in [-0.05, 0) is 108 Å². The van der Waals surface area contributed by atoms with Crippen molar-refractivity contribution in [3.63, 3.8) is 0 Å². The lowest BCUT2D eigenvalue weighted by Gasteiger charge is -2.15. The quantitative estimate of drug-likeness (QED) is 0.143. The maximum atomic E-state index is 5.23. The van der Waals surface area contributed by atoms with Gasteiger partial charge in [0, 0.05) is 77.9 Å². The van der Waals surface area contributed by atoms with E-state index < -0.39 is 0 Å². The average molecular weight is 947 g/mol. The van der Waals surface area contributed by atoms with Gasteiger partial charge in [-0.15, -0.1) is 0 Å². The Balaban J connectivity index is 0.724. The summed E-state index contributed by atoms with van der Waals surface area (Å²) in [4.78, 5) is 10.5. The van der Waals surface area contributed by atoms with Crippen molar-refractivity contribution in [1.82, 2.24) is 19.1 Å². The number of hydrogen-bond acceptors (Lipinski definition) is 4. The zero-order valence-electron chi connectivity index (χ0n) is 40.2. The number of fused-ring (bicyclic) bond motifs is 7. The van der Waals surface area contributed by atoms with E-state index in [9.17, 15) is 0 Å². The van der Waals surface area contributed by atoms with Gasteiger partial charge in [-0.1, -0.05) is 170 Å². The second kappa shape index (κ2) is 18.0. The van der Waals surface area contributed by atoms with Crippen LogP contribution in [0.2, 0.25) is 0 Å². The first kappa shape index (κ1) is 42.8. The van der Waals surface area contributed by atoms with E-state index >= 15 is 0 Å². The Kier molecular flexibility index (Phi) is 10.4. The van der Waals surface area contributed by atoms with Crippen molar-refractivity contribution >= 4 is 77.4 Å². The van der Waals surface area contributed by atoms with Crippen LogP contribution < -0.4 is 10.6 Å². The molecule has 3 heterocycles. The van der Waals surface area contributed by atoms with E-state index in [0.717, 1.165) is 89.9 Å². The molecule has 0 aliphatic rings. The normalized spacial score (nSPS) is 11.5. The van der Waals surface area contributed by atoms with Crippen LogP contribution in [0, 0.1) is 0 Å². The Labute approximate surface area is 428 Å². The van der Waals surface area contributed by atoms with Gasteiger partial charge in [-0.3, -0.25) is 0 Å². The molecular formula is C68H46N6. The third-order valence-electron chi connectivity index (χ3n) is 14.3. The fourth-order valence-electron chi connectivity index (χ4n) is 10.8. The Hall–Kier alpha value is -10.0. The number of aromatic nitrogens is 4. The topological polar surface area (TPSA) is 59.7 Å². The molecule has 14 rings (SSSR count). The van der Waals surface area contributed by atoms with Crippen LogP contribution in [0.3, 0.4) is 0 Å². The van der Waals surface area contributed by atoms with Crippen LogP contribution in [0.4, 0.5) is 22.7 Å². The zero-order chi connectivity index (χ0) is 49.0. The number of nitrogens with one attached hydrogen (secondary N) is 2. The van der Waals surface area contributed by atoms with E-state index in [4.69, 9.17) is 9.97 Å². The van der Waals surface area contributed by atoms with Gasteiger partial charge >= 0.3 is 0 Å². The summed E-state index contributed by atoms with van der Waals surface area (Å²) >= 11 is 0. The summed E-state index contributed by atoms with van der Waals surface area (Å²) in [5, 5.41) is 12.5. The van der Waals surface area contributed by atoms with Gasteiger partial charge in [0.25, 0.3) is 0 Å². The van der Waals surface area contributed by atoms with Crippen LogP contribution in [0.1, 0.15) is 0 Å². The summed E-state index contributed by atoms with van der Waals surface area (Å²) in [5.41, 5.74) is 20.9. The summed E-state index contributed by atoms with van der Waals surface area (Å²) in [5.74, 6) is 0. The number of para-hydroxylation sites is 8. The molecule has 3 aromatic heterocycles. The van der Waals surface area contributed by atoms with Crippen LogP contribution in [-0.2, 0) is 0 Å². The average Bonchev–Trinajstić information content (AvgIpc) is 3.99. The predicted molar refractivity (Wildman–Crippen MR) is 309 cm³/mol. The van der Waals surface area contributed by atoms with Crippen LogP contribution in [0.25, 0.3) is 111 Å². The smallest absolute Gasteiger partial charge is 0.0973 e. The summed E-state index contributed by atoms with van der Waals surface area (Å²) < 4.78 is 4.71. The van der Waals surface area contributed by atoms with Crippen molar-refractivity contribution in [3.8, 4) is 56.1 Å². The molecule has 0 atom stereocenters. The zero-order valence-corrected chi connectivity index (χ0v) is 40.2. The third kappa shape index (κ3) is 7.52. The molecule has 6 nitrogen and oxygen atoms in total. The highest BCUT2D eigenvalue weighted by Gasteiger charge is 2.17. The molecule has 0 radical (unpaired) electrons. The first-order valence-corrected chi connectivity index (χ1v) is 25.1. The SMILES string of the molecule is c1ccc(-c2ccc(-n3c4ccccc4c4ccccc43)cc2)c(Nc2ccc(-c3nc4ccccc4nc3-c3ccc(Nc4ccccc4-c4ccc(-n5c6ccccc6c6ccccc65)cc4)cc3)cc2)c1. The molecule has 2 N–H and O–H groups in total. The second-order valence-corrected chi connectivity index (χ2v) is 18.7. The van der Waals surface area contributed by atoms with Gasteiger partial charge < -0.3 is 19.8 Å². The highest BCUT2D eigenvalue weighted by atomic mass is 15.0. The maximum Gasteiger partial charge on any atom is 0.0973 e. The molecule has 0 saturated heterocycles. The van der Waals surface area contributed by atoms with Gasteiger partial charge in [0.1, 0.15) is 0 Å². The van der Waals surface area contributed by atoms with E-state index in [0.29, 0.717) is 0 Å². The monoisotopic (exact) mass is 946 g/mol. The van der Waals surface area contributed by atoms with Crippen LogP contribution in [0.5, 0.6) is 0 Å². The summed E-state index contributed by atoms with van der Waals surface area (Å²) in [6.07, 6.45) is 0. The Morgan fingerprint density at radius 1 is 0.257 bits per heavy atom. The molecule has 0 unspecified atom stereocenters. The lowest BCUT2D eigenvalue weighted by molar-refractivity contribution is 1.18. The first-order chi connectivity index (χ1) is 36.7. The van der Waals surface area contributed by atoms with E-state index in [1.807, 2.05) is 24.3 Å². The van der Waals surface area contributed by atoms with Crippen molar-refractivity contribution in [2.45, 2.75) is 0 Å². The van der Waals surface area contributed by atoms with Crippen LogP contribution in [0.15, 0.2) is 267 Å². The summed E-state index contributed by atoms with van der Waals surface area (Å²) in [6, 6.07) is 94.4. The number of nitrogens with zero attached hydrogens (tertiary/aromatic N) is 4. The van der Waals surface area contributed by atoms with Crippen molar-refractivity contribution in [2.75, 3.05) is 10.6 Å². The number of rotatable bonds is 10. The Morgan fingerprint density at radius 3 is 0.919 bits per heavy atom. The largest absolute Gasteiger partial charge is 0.355 e. The molecule has 6 heteroatoms. The number of anilines is 4. The van der Waals surface area contributed by atoms with Gasteiger partial charge in [0.15, 0.2) is 0 Å². The maximum absolute atomic E-state index is 5.23. The molecular weight excluding hydrogens is 901 g/mol. The molecule has 0 aliphatic heterocycles. The van der Waals surface area contributed by atoms with Gasteiger partial charge in [-0.2, -0.15) is 0 Å². The standard InChI is InChI=1S/C68H46N6/c1-7-21-59(53(15-1)45-33-41-51(42-34-45)73-63-25-11-3-17-55(63)56-18-4-12-26-64(56)73)69-49-37-29-47(30-38-49)67-68(72-62-24-10-9-23-61(62)71-67)48-31-39-50(40-32-48)70-60-22-8-2-16-54(60)46-35-43-52(44-36-46)74-65-27-13-5-19-57(65)58-20-6-14-28-66(58)74/h1-44,69-70H. The highest BCUT2D eigenvalue weighted by Crippen LogP contribution is 2.39. The van der Waals surface area contributed by atoms with Gasteiger partial charge in [-0.25, -0.2) is 9.97 Å². The van der Waals surface area contributed by atoms with Crippen LogP contribution in [-0.4, -0.2) is 19.1 Å². The molecule has 74 heavy (non-hydrogen) atoms. The van der Waals surface area contributed by atoms with Gasteiger partial charge in [0.05, 0.1) is 44.5 Å². The minimum atomic E-state index is 0.828. The molecule has 0 saturated carbocycles. The molecule has 0 bridgehead atoms. The predicted octanol–water partition coefficient (Wildman–Crippen LogP) is 18.0. The van der Waals surface area contributed by atoms with Crippen molar-refractivity contribution < 1.29 is 0 Å². The Bertz CT molecular complexity index is 4010. The molecule has 0 amide bonds. The number of hydrogen-bond donors (Lipinski definition) is 2. The first-order valence-electron chi connectivity index (χ1n) is 25.1. The molecule has 0 spiro atoms. The summed E-state index contributed by atoms with van der Waals surface area (Å²) in [7, 11) is 0. The lowest BCUT2D eigenvalue weighted by Crippen LogP contribution is -1.97. The van der Waals surface area contributed by atoms with E-state index in [1.54, 1.807) is 0 Å². The molecule has 0 aliphatic carbocycles. The third-order valence-corrected chi connectivity index (χ3v) is 14.3. The molecule has 14 aromatic rings. The van der Waals surface area contributed by atoms with E-state index in [2.05, 4.69) is 262 Å². The molecule has 0 fully saturated rings. The van der Waals surface area contributed by atoms with E-state index in [-0.39, 0.29) is 0 Å². The fraction of sp³-hybridized carbons (Fsp3) is 0. The molecule has 348 valence electrons. The minimum Gasteiger partial charge on any atom is -0.355 e. The number of benzene rings is 11. The summed E-state index contributed by atoms with van der Waals surface area (Å²) in [6.45, 7) is 0. The Morgan fingerprint density at radius 2 is 0.554 bits per heavy atom. The fourth-order valence-corrected chi connectivity index (χ4v) is 10.8. The van der Waals surface area contributed by atoms with E-state index in [1.165, 1.54) is 43.6 Å².